The van der Waals surface area contributed by atoms with E-state index in [-0.39, 0.29) is 23.6 Å². The van der Waals surface area contributed by atoms with Crippen molar-refractivity contribution in [2.75, 3.05) is 10.6 Å². The van der Waals surface area contributed by atoms with Gasteiger partial charge in [-0.15, -0.1) is 0 Å². The maximum absolute atomic E-state index is 14.0. The maximum Gasteiger partial charge on any atom is 0.144 e. The highest BCUT2D eigenvalue weighted by Crippen LogP contribution is 2.49. The zero-order valence-electron chi connectivity index (χ0n) is 19.1. The Balaban J connectivity index is 1.75. The van der Waals surface area contributed by atoms with Crippen molar-refractivity contribution in [2.45, 2.75) is 59.2 Å². The molecule has 1 aromatic carbocycles. The lowest BCUT2D eigenvalue weighted by molar-refractivity contribution is 0.0280. The number of rotatable bonds is 5. The molecule has 3 aromatic rings. The smallest absolute Gasteiger partial charge is 0.144 e. The third kappa shape index (κ3) is 3.18. The summed E-state index contributed by atoms with van der Waals surface area (Å²) in [5.41, 5.74) is 4.42. The molecule has 0 bridgehead atoms. The van der Waals surface area contributed by atoms with Crippen molar-refractivity contribution >= 4 is 11.4 Å². The van der Waals surface area contributed by atoms with E-state index in [1.54, 1.807) is 13.0 Å². The molecule has 1 fully saturated rings. The number of nitrogens with zero attached hydrogens (tertiary/aromatic N) is 2. The monoisotopic (exact) mass is 436 g/mol. The average Bonchev–Trinajstić information content (AvgIpc) is 3.43. The van der Waals surface area contributed by atoms with Gasteiger partial charge in [0.25, 0.3) is 0 Å². The number of halogens is 1. The average molecular weight is 437 g/mol. The van der Waals surface area contributed by atoms with Crippen LogP contribution >= 0.6 is 0 Å². The second-order valence-corrected chi connectivity index (χ2v) is 9.43. The van der Waals surface area contributed by atoms with Gasteiger partial charge in [0.2, 0.25) is 0 Å². The molecule has 1 aliphatic carbocycles. The van der Waals surface area contributed by atoms with Crippen LogP contribution in [0.25, 0.3) is 11.1 Å². The Morgan fingerprint density at radius 3 is 2.47 bits per heavy atom. The fraction of sp³-hybridized carbons (Fsp3) is 0.440. The summed E-state index contributed by atoms with van der Waals surface area (Å²) in [7, 11) is 0. The van der Waals surface area contributed by atoms with Crippen LogP contribution in [-0.4, -0.2) is 21.4 Å². The van der Waals surface area contributed by atoms with Crippen LogP contribution in [0.1, 0.15) is 55.1 Å². The van der Waals surface area contributed by atoms with Crippen molar-refractivity contribution in [2.24, 2.45) is 11.8 Å². The molecule has 1 saturated carbocycles. The Bertz CT molecular complexity index is 1180. The number of hydrogen-bond acceptors (Lipinski definition) is 6. The van der Waals surface area contributed by atoms with E-state index in [2.05, 4.69) is 26.8 Å². The predicted molar refractivity (Wildman–Crippen MR) is 122 cm³/mol. The van der Waals surface area contributed by atoms with Gasteiger partial charge in [0.05, 0.1) is 34.6 Å². The standard InChI is InChI=1S/C25H29FN4O2/c1-12(2)25(31,21-9-8-19(26)13(3)27-21)18-10-17(22-14(4)30-32-15(22)5)11-20-23(18)29-24(28-20)16-6-7-16/h8-12,16,24,28-29,31H,6-7H2,1-5H3. The quantitative estimate of drug-likeness (QED) is 0.506. The van der Waals surface area contributed by atoms with Gasteiger partial charge in [0.1, 0.15) is 17.2 Å². The third-order valence-corrected chi connectivity index (χ3v) is 6.82. The summed E-state index contributed by atoms with van der Waals surface area (Å²) in [6, 6.07) is 7.04. The molecule has 0 saturated heterocycles. The first-order chi connectivity index (χ1) is 15.2. The highest BCUT2D eigenvalue weighted by Gasteiger charge is 2.43. The molecule has 0 amide bonds. The minimum Gasteiger partial charge on any atom is -0.378 e. The lowest BCUT2D eigenvalue weighted by Gasteiger charge is -2.34. The molecule has 3 N–H and O–H groups in total. The SMILES string of the molecule is Cc1nc(C(O)(c2cc(-c3c(C)noc3C)cc3c2NC(C2CC2)N3)C(C)C)ccc1F. The summed E-state index contributed by atoms with van der Waals surface area (Å²) < 4.78 is 19.4. The molecule has 2 unspecified atom stereocenters. The van der Waals surface area contributed by atoms with E-state index in [0.29, 0.717) is 17.2 Å². The molecule has 0 spiro atoms. The molecular weight excluding hydrogens is 407 g/mol. The molecule has 168 valence electrons. The summed E-state index contributed by atoms with van der Waals surface area (Å²) in [6.07, 6.45) is 2.48. The van der Waals surface area contributed by atoms with Crippen molar-refractivity contribution < 1.29 is 14.0 Å². The molecule has 2 atom stereocenters. The number of nitrogens with one attached hydrogen (secondary N) is 2. The van der Waals surface area contributed by atoms with Gasteiger partial charge >= 0.3 is 0 Å². The highest BCUT2D eigenvalue weighted by molar-refractivity contribution is 5.86. The number of anilines is 2. The van der Waals surface area contributed by atoms with E-state index < -0.39 is 5.60 Å². The molecule has 1 aliphatic heterocycles. The molecule has 5 rings (SSSR count). The van der Waals surface area contributed by atoms with Crippen LogP contribution in [0.4, 0.5) is 15.8 Å². The normalized spacial score (nSPS) is 19.4. The number of fused-ring (bicyclic) bond motifs is 1. The van der Waals surface area contributed by atoms with Crippen molar-refractivity contribution in [1.82, 2.24) is 10.1 Å². The zero-order chi connectivity index (χ0) is 22.8. The number of benzene rings is 1. The van der Waals surface area contributed by atoms with Crippen LogP contribution in [0.3, 0.4) is 0 Å². The second-order valence-electron chi connectivity index (χ2n) is 9.43. The fourth-order valence-corrected chi connectivity index (χ4v) is 4.78. The van der Waals surface area contributed by atoms with Crippen molar-refractivity contribution in [3.8, 4) is 11.1 Å². The molecule has 32 heavy (non-hydrogen) atoms. The molecule has 2 aromatic heterocycles. The summed E-state index contributed by atoms with van der Waals surface area (Å²) in [5.74, 6) is 0.687. The fourth-order valence-electron chi connectivity index (χ4n) is 4.78. The van der Waals surface area contributed by atoms with Crippen molar-refractivity contribution in [3.05, 3.63) is 58.5 Å². The second kappa shape index (κ2) is 7.30. The van der Waals surface area contributed by atoms with Gasteiger partial charge in [-0.1, -0.05) is 19.0 Å². The topological polar surface area (TPSA) is 83.2 Å². The number of hydrogen-bond donors (Lipinski definition) is 3. The van der Waals surface area contributed by atoms with Crippen LogP contribution in [0.15, 0.2) is 28.8 Å². The Morgan fingerprint density at radius 2 is 1.88 bits per heavy atom. The van der Waals surface area contributed by atoms with Crippen molar-refractivity contribution in [3.63, 3.8) is 0 Å². The highest BCUT2D eigenvalue weighted by atomic mass is 19.1. The van der Waals surface area contributed by atoms with Crippen LogP contribution < -0.4 is 10.6 Å². The van der Waals surface area contributed by atoms with Gasteiger partial charge in [-0.3, -0.25) is 4.98 Å². The molecule has 2 aliphatic rings. The lowest BCUT2D eigenvalue weighted by atomic mass is 9.78. The molecule has 7 heteroatoms. The Morgan fingerprint density at radius 1 is 1.12 bits per heavy atom. The first-order valence-corrected chi connectivity index (χ1v) is 11.2. The first kappa shape index (κ1) is 20.9. The largest absolute Gasteiger partial charge is 0.378 e. The first-order valence-electron chi connectivity index (χ1n) is 11.2. The summed E-state index contributed by atoms with van der Waals surface area (Å²) in [6.45, 7) is 9.33. The van der Waals surface area contributed by atoms with Gasteiger partial charge in [-0.2, -0.15) is 0 Å². The summed E-state index contributed by atoms with van der Waals surface area (Å²) in [5, 5.41) is 23.6. The van der Waals surface area contributed by atoms with Gasteiger partial charge < -0.3 is 20.3 Å². The van der Waals surface area contributed by atoms with Crippen LogP contribution in [0.2, 0.25) is 0 Å². The van der Waals surface area contributed by atoms with Crippen molar-refractivity contribution in [1.29, 1.82) is 0 Å². The Labute approximate surface area is 187 Å². The maximum atomic E-state index is 14.0. The van der Waals surface area contributed by atoms with E-state index in [1.165, 1.54) is 18.9 Å². The number of aliphatic hydroxyl groups is 1. The van der Waals surface area contributed by atoms with E-state index in [0.717, 1.165) is 34.0 Å². The van der Waals surface area contributed by atoms with Gasteiger partial charge in [0, 0.05) is 11.1 Å². The zero-order valence-corrected chi connectivity index (χ0v) is 19.1. The Hall–Kier alpha value is -2.93. The molecule has 0 radical (unpaired) electrons. The van der Waals surface area contributed by atoms with Gasteiger partial charge in [-0.05, 0) is 75.3 Å². The van der Waals surface area contributed by atoms with Crippen LogP contribution in [-0.2, 0) is 5.60 Å². The number of pyridine rings is 1. The van der Waals surface area contributed by atoms with Crippen LogP contribution in [0, 0.1) is 38.4 Å². The minimum absolute atomic E-state index is 0.128. The Kier molecular flexibility index (Phi) is 4.78. The molecule has 6 nitrogen and oxygen atoms in total. The molecule has 3 heterocycles. The number of aromatic nitrogens is 2. The predicted octanol–water partition coefficient (Wildman–Crippen LogP) is 5.27. The molecular formula is C25H29FN4O2. The summed E-state index contributed by atoms with van der Waals surface area (Å²) >= 11 is 0. The van der Waals surface area contributed by atoms with Crippen LogP contribution in [0.5, 0.6) is 0 Å². The lowest BCUT2D eigenvalue weighted by Crippen LogP contribution is -2.35. The minimum atomic E-state index is -1.43. The number of aryl methyl sites for hydroxylation is 3. The van der Waals surface area contributed by atoms with E-state index in [4.69, 9.17) is 4.52 Å². The van der Waals surface area contributed by atoms with E-state index in [9.17, 15) is 9.50 Å². The summed E-state index contributed by atoms with van der Waals surface area (Å²) in [4.78, 5) is 4.46. The third-order valence-electron chi connectivity index (χ3n) is 6.82. The van der Waals surface area contributed by atoms with E-state index in [1.807, 2.05) is 33.8 Å². The van der Waals surface area contributed by atoms with Gasteiger partial charge in [-0.25, -0.2) is 4.39 Å². The van der Waals surface area contributed by atoms with Gasteiger partial charge in [0.15, 0.2) is 0 Å². The van der Waals surface area contributed by atoms with E-state index >= 15 is 0 Å².